The normalized spacial score (nSPS) is 22.0. The lowest BCUT2D eigenvalue weighted by Gasteiger charge is -2.37. The first-order valence-corrected chi connectivity index (χ1v) is 10.1. The predicted octanol–water partition coefficient (Wildman–Crippen LogP) is 3.00. The molecule has 2 aromatic rings. The summed E-state index contributed by atoms with van der Waals surface area (Å²) in [6, 6.07) is 5.25. The SMILES string of the molecule is CC(=NN1CCN(CC2(C)Cn3cc([N+](=O)[O-])nc3O2)CC1)c1ccc(C(F)(F)F)cc1. The zero-order valence-electron chi connectivity index (χ0n) is 17.7. The number of hydrogen-bond donors (Lipinski definition) is 0. The first-order valence-electron chi connectivity index (χ1n) is 10.1. The molecule has 0 saturated carbocycles. The summed E-state index contributed by atoms with van der Waals surface area (Å²) in [5.41, 5.74) is 0.0990. The Hall–Kier alpha value is -3.15. The minimum atomic E-state index is -4.35. The van der Waals surface area contributed by atoms with Crippen molar-refractivity contribution in [1.29, 1.82) is 0 Å². The Bertz CT molecular complexity index is 1000. The van der Waals surface area contributed by atoms with E-state index in [9.17, 15) is 23.3 Å². The molecule has 12 heteroatoms. The highest BCUT2D eigenvalue weighted by molar-refractivity contribution is 5.98. The molecule has 1 saturated heterocycles. The van der Waals surface area contributed by atoms with Crippen molar-refractivity contribution in [2.24, 2.45) is 5.10 Å². The molecular formula is C20H23F3N6O3. The molecule has 0 spiro atoms. The molecule has 172 valence electrons. The third kappa shape index (κ3) is 4.69. The Labute approximate surface area is 182 Å². The maximum absolute atomic E-state index is 12.7. The third-order valence-electron chi connectivity index (χ3n) is 5.58. The van der Waals surface area contributed by atoms with Crippen LogP contribution < -0.4 is 4.74 Å². The fourth-order valence-corrected chi connectivity index (χ4v) is 4.00. The van der Waals surface area contributed by atoms with Crippen molar-refractivity contribution in [2.75, 3.05) is 32.7 Å². The van der Waals surface area contributed by atoms with Crippen LogP contribution in [0.4, 0.5) is 19.0 Å². The Morgan fingerprint density at radius 1 is 1.25 bits per heavy atom. The van der Waals surface area contributed by atoms with Gasteiger partial charge in [0.1, 0.15) is 11.8 Å². The molecular weight excluding hydrogens is 429 g/mol. The lowest BCUT2D eigenvalue weighted by molar-refractivity contribution is -0.389. The highest BCUT2D eigenvalue weighted by Gasteiger charge is 2.41. The van der Waals surface area contributed by atoms with Crippen molar-refractivity contribution < 1.29 is 22.8 Å². The van der Waals surface area contributed by atoms with E-state index in [2.05, 4.69) is 15.0 Å². The van der Waals surface area contributed by atoms with Crippen LogP contribution in [0.1, 0.15) is 25.0 Å². The predicted molar refractivity (Wildman–Crippen MR) is 110 cm³/mol. The number of rotatable bonds is 5. The summed E-state index contributed by atoms with van der Waals surface area (Å²) < 4.78 is 45.7. The summed E-state index contributed by atoms with van der Waals surface area (Å²) in [6.45, 7) is 7.68. The van der Waals surface area contributed by atoms with Gasteiger partial charge in [0.05, 0.1) is 17.8 Å². The van der Waals surface area contributed by atoms with Crippen molar-refractivity contribution in [3.8, 4) is 6.01 Å². The minimum absolute atomic E-state index is 0.225. The molecule has 0 radical (unpaired) electrons. The minimum Gasteiger partial charge on any atom is -0.436 e. The molecule has 1 atom stereocenters. The molecule has 32 heavy (non-hydrogen) atoms. The van der Waals surface area contributed by atoms with Crippen molar-refractivity contribution in [3.63, 3.8) is 0 Å². The second-order valence-corrected chi connectivity index (χ2v) is 8.31. The average Bonchev–Trinajstić information content (AvgIpc) is 3.24. The molecule has 3 heterocycles. The van der Waals surface area contributed by atoms with Gasteiger partial charge in [-0.3, -0.25) is 14.5 Å². The van der Waals surface area contributed by atoms with E-state index in [4.69, 9.17) is 4.74 Å². The van der Waals surface area contributed by atoms with E-state index in [-0.39, 0.29) is 11.8 Å². The number of ether oxygens (including phenoxy) is 1. The zero-order valence-corrected chi connectivity index (χ0v) is 17.7. The van der Waals surface area contributed by atoms with Crippen LogP contribution in [0.15, 0.2) is 35.6 Å². The number of hydrazone groups is 1. The summed E-state index contributed by atoms with van der Waals surface area (Å²) in [5.74, 6) is -0.225. The molecule has 0 N–H and O–H groups in total. The second-order valence-electron chi connectivity index (χ2n) is 8.31. The molecule has 0 aliphatic carbocycles. The Balaban J connectivity index is 1.30. The van der Waals surface area contributed by atoms with E-state index >= 15 is 0 Å². The van der Waals surface area contributed by atoms with Crippen LogP contribution in [0.2, 0.25) is 0 Å². The molecule has 0 amide bonds. The van der Waals surface area contributed by atoms with E-state index in [1.165, 1.54) is 18.3 Å². The molecule has 1 aromatic carbocycles. The van der Waals surface area contributed by atoms with Gasteiger partial charge in [0.25, 0.3) is 0 Å². The van der Waals surface area contributed by atoms with Gasteiger partial charge >= 0.3 is 18.0 Å². The lowest BCUT2D eigenvalue weighted by Crippen LogP contribution is -2.51. The van der Waals surface area contributed by atoms with E-state index in [0.717, 1.165) is 25.2 Å². The van der Waals surface area contributed by atoms with Crippen LogP contribution in [-0.2, 0) is 12.7 Å². The van der Waals surface area contributed by atoms with E-state index in [1.807, 2.05) is 11.9 Å². The van der Waals surface area contributed by atoms with Gasteiger partial charge in [0.2, 0.25) is 0 Å². The Morgan fingerprint density at radius 3 is 2.47 bits per heavy atom. The van der Waals surface area contributed by atoms with Crippen molar-refractivity contribution in [3.05, 3.63) is 51.7 Å². The van der Waals surface area contributed by atoms with Crippen LogP contribution in [0.3, 0.4) is 0 Å². The van der Waals surface area contributed by atoms with Gasteiger partial charge in [-0.2, -0.15) is 18.3 Å². The van der Waals surface area contributed by atoms with Gasteiger partial charge in [0.15, 0.2) is 0 Å². The molecule has 1 unspecified atom stereocenters. The quantitative estimate of drug-likeness (QED) is 0.394. The first-order chi connectivity index (χ1) is 15.0. The molecule has 1 aromatic heterocycles. The maximum Gasteiger partial charge on any atom is 0.416 e. The number of aromatic nitrogens is 2. The average molecular weight is 452 g/mol. The fourth-order valence-electron chi connectivity index (χ4n) is 4.00. The van der Waals surface area contributed by atoms with Gasteiger partial charge < -0.3 is 14.9 Å². The summed E-state index contributed by atoms with van der Waals surface area (Å²) in [6.07, 6.45) is -2.97. The van der Waals surface area contributed by atoms with Crippen LogP contribution in [0.5, 0.6) is 6.01 Å². The zero-order chi connectivity index (χ0) is 23.1. The van der Waals surface area contributed by atoms with Crippen molar-refractivity contribution >= 4 is 11.5 Å². The number of benzene rings is 1. The molecule has 1 fully saturated rings. The lowest BCUT2D eigenvalue weighted by atomic mass is 10.1. The number of imidazole rings is 1. The Morgan fingerprint density at radius 2 is 1.91 bits per heavy atom. The van der Waals surface area contributed by atoms with Gasteiger partial charge in [0, 0.05) is 37.7 Å². The number of alkyl halides is 3. The summed E-state index contributed by atoms with van der Waals surface area (Å²) >= 11 is 0. The highest BCUT2D eigenvalue weighted by Crippen LogP contribution is 2.32. The monoisotopic (exact) mass is 452 g/mol. The number of nitrogens with zero attached hydrogens (tertiary/aromatic N) is 6. The van der Waals surface area contributed by atoms with Crippen LogP contribution >= 0.6 is 0 Å². The molecule has 2 aliphatic heterocycles. The number of piperazine rings is 1. The van der Waals surface area contributed by atoms with Crippen LogP contribution in [-0.4, -0.2) is 68.4 Å². The molecule has 9 nitrogen and oxygen atoms in total. The van der Waals surface area contributed by atoms with Crippen LogP contribution in [0.25, 0.3) is 0 Å². The molecule has 2 aliphatic rings. The van der Waals surface area contributed by atoms with Crippen LogP contribution in [0, 0.1) is 10.1 Å². The van der Waals surface area contributed by atoms with Gasteiger partial charge in [-0.1, -0.05) is 12.1 Å². The summed E-state index contributed by atoms with van der Waals surface area (Å²) in [5, 5.41) is 17.3. The third-order valence-corrected chi connectivity index (χ3v) is 5.58. The number of halogens is 3. The molecule has 4 rings (SSSR count). The summed E-state index contributed by atoms with van der Waals surface area (Å²) in [7, 11) is 0. The Kier molecular flexibility index (Phi) is 5.57. The van der Waals surface area contributed by atoms with E-state index < -0.39 is 22.3 Å². The smallest absolute Gasteiger partial charge is 0.416 e. The number of fused-ring (bicyclic) bond motifs is 1. The van der Waals surface area contributed by atoms with E-state index in [0.29, 0.717) is 37.5 Å². The second kappa shape index (κ2) is 8.08. The first kappa shape index (κ1) is 22.1. The topological polar surface area (TPSA) is 89.0 Å². The summed E-state index contributed by atoms with van der Waals surface area (Å²) in [4.78, 5) is 16.4. The number of hydrogen-bond acceptors (Lipinski definition) is 7. The van der Waals surface area contributed by atoms with Gasteiger partial charge in [-0.25, -0.2) is 0 Å². The number of nitro groups is 1. The van der Waals surface area contributed by atoms with Gasteiger partial charge in [-0.05, 0) is 36.5 Å². The standard InChI is InChI=1S/C20H23F3N6O3/c1-14(15-3-5-16(6-4-15)20(21,22)23)25-28-9-7-26(8-10-28)12-19(2)13-27-11-17(29(30)31)24-18(27)32-19/h3-6,11H,7-10,12-13H2,1-2H3. The van der Waals surface area contributed by atoms with Crippen molar-refractivity contribution in [1.82, 2.24) is 19.5 Å². The van der Waals surface area contributed by atoms with Gasteiger partial charge in [-0.15, -0.1) is 0 Å². The largest absolute Gasteiger partial charge is 0.436 e. The van der Waals surface area contributed by atoms with E-state index in [1.54, 1.807) is 11.5 Å². The highest BCUT2D eigenvalue weighted by atomic mass is 19.4. The van der Waals surface area contributed by atoms with Crippen molar-refractivity contribution in [2.45, 2.75) is 32.2 Å². The fraction of sp³-hybridized carbons (Fsp3) is 0.500. The maximum atomic E-state index is 12.7. The molecule has 0 bridgehead atoms.